The zero-order chi connectivity index (χ0) is 56.8. The Bertz CT molecular complexity index is 4620. The Labute approximate surface area is 469 Å². The number of hydrogen-bond acceptors (Lipinski definition) is 6. The SMILES string of the molecule is [C-]#[N+]c1cc(C#N)cc(-c2ccc3c(c2)c2cc(-c4cc(C#N)cc(C#N)c4)ccc2n3-c2cc(-c3cccc(C#N)c3)cc(-n3c4ccc(-c5cc(C#N)cc([N+]#[C-])c5)cc4c4cc(-c5cc([N+]#[C-])cc([N+]#[C-])c5)ccc43)c2C#N)c1. The van der Waals surface area contributed by atoms with Crippen molar-refractivity contribution in [1.29, 1.82) is 31.6 Å². The fourth-order valence-electron chi connectivity index (χ4n) is 10.9. The average Bonchev–Trinajstić information content (AvgIpc) is 4.28. The van der Waals surface area contributed by atoms with E-state index in [0.29, 0.717) is 117 Å². The van der Waals surface area contributed by atoms with Crippen LogP contribution in [0.15, 0.2) is 182 Å². The van der Waals surface area contributed by atoms with E-state index in [1.54, 1.807) is 72.8 Å². The molecule has 0 N–H and O–H groups in total. The van der Waals surface area contributed by atoms with Gasteiger partial charge in [-0.1, -0.05) is 54.6 Å². The third kappa shape index (κ3) is 8.44. The largest absolute Gasteiger partial charge is 0.308 e. The Balaban J connectivity index is 1.19. The van der Waals surface area contributed by atoms with Crippen LogP contribution in [0.5, 0.6) is 0 Å². The molecule has 12 heteroatoms. The fourth-order valence-corrected chi connectivity index (χ4v) is 10.9. The van der Waals surface area contributed by atoms with Crippen LogP contribution < -0.4 is 0 Å². The third-order valence-corrected chi connectivity index (χ3v) is 14.6. The molecule has 12 nitrogen and oxygen atoms in total. The summed E-state index contributed by atoms with van der Waals surface area (Å²) in [4.78, 5) is 14.6. The first-order valence-electron chi connectivity index (χ1n) is 25.1. The lowest BCUT2D eigenvalue weighted by atomic mass is 9.97. The standard InChI is InChI=1S/C70H30N12/c1-77-56-22-44(38-74)20-52(24-56)48-9-13-66-61(29-48)60-28-47(51-18-42(36-72)16-43(19-51)37-73)8-12-65(60)81(66)69-32-55(46-7-5-6-41(17-46)35-71)33-70(64(69)40-76)82-67-14-10-49(53-21-45(39-75)23-57(25-53)78-2)30-62(67)63-31-50(11-15-68(63)82)54-26-58(79-3)34-59(27-54)80-4/h5-34H. The molecule has 0 aliphatic carbocycles. The van der Waals surface area contributed by atoms with E-state index in [1.165, 1.54) is 18.2 Å². The van der Waals surface area contributed by atoms with Crippen molar-refractivity contribution in [2.75, 3.05) is 0 Å². The zero-order valence-corrected chi connectivity index (χ0v) is 42.7. The van der Waals surface area contributed by atoms with Gasteiger partial charge in [-0.25, -0.2) is 19.4 Å². The van der Waals surface area contributed by atoms with Crippen molar-refractivity contribution in [2.45, 2.75) is 0 Å². The Kier molecular flexibility index (Phi) is 12.1. The third-order valence-electron chi connectivity index (χ3n) is 14.6. The summed E-state index contributed by atoms with van der Waals surface area (Å²) in [6, 6.07) is 68.2. The summed E-state index contributed by atoms with van der Waals surface area (Å²) in [7, 11) is 0. The predicted molar refractivity (Wildman–Crippen MR) is 316 cm³/mol. The Morgan fingerprint density at radius 2 is 0.573 bits per heavy atom. The fraction of sp³-hybridized carbons (Fsp3) is 0. The molecule has 0 spiro atoms. The Hall–Kier alpha value is -13.3. The lowest BCUT2D eigenvalue weighted by molar-refractivity contribution is 1.12. The molecule has 0 saturated carbocycles. The van der Waals surface area contributed by atoms with Crippen molar-refractivity contribution in [3.05, 3.63) is 261 Å². The molecule has 0 saturated heterocycles. The smallest absolute Gasteiger partial charge is 0.189 e. The lowest BCUT2D eigenvalue weighted by Gasteiger charge is -2.19. The maximum Gasteiger partial charge on any atom is 0.189 e. The maximum atomic E-state index is 11.9. The summed E-state index contributed by atoms with van der Waals surface area (Å²) in [5.74, 6) is 0. The quantitative estimate of drug-likeness (QED) is 0.144. The van der Waals surface area contributed by atoms with Gasteiger partial charge in [0.15, 0.2) is 22.7 Å². The highest BCUT2D eigenvalue weighted by atomic mass is 15.0. The van der Waals surface area contributed by atoms with Crippen molar-refractivity contribution >= 4 is 66.4 Å². The number of rotatable bonds is 7. The van der Waals surface area contributed by atoms with Gasteiger partial charge >= 0.3 is 0 Å². The molecule has 2 heterocycles. The average molecular weight is 1040 g/mol. The normalized spacial score (nSPS) is 10.6. The van der Waals surface area contributed by atoms with Gasteiger partial charge in [0.25, 0.3) is 0 Å². The summed E-state index contributed by atoms with van der Waals surface area (Å²) in [6.45, 7) is 31.3. The molecule has 0 atom stereocenters. The van der Waals surface area contributed by atoms with Gasteiger partial charge in [0.1, 0.15) is 11.6 Å². The van der Waals surface area contributed by atoms with Crippen LogP contribution in [0.25, 0.3) is 130 Å². The predicted octanol–water partition coefficient (Wildman–Crippen LogP) is 17.6. The van der Waals surface area contributed by atoms with Crippen LogP contribution >= 0.6 is 0 Å². The van der Waals surface area contributed by atoms with Crippen molar-refractivity contribution in [2.24, 2.45) is 0 Å². The molecule has 10 aromatic carbocycles. The lowest BCUT2D eigenvalue weighted by Crippen LogP contribution is -2.05. The van der Waals surface area contributed by atoms with Gasteiger partial charge in [-0.3, -0.25) is 0 Å². The first-order valence-corrected chi connectivity index (χ1v) is 25.1. The maximum absolute atomic E-state index is 11.9. The molecule has 370 valence electrons. The second-order valence-corrected chi connectivity index (χ2v) is 19.3. The number of nitriles is 6. The molecule has 0 bridgehead atoms. The highest BCUT2D eigenvalue weighted by Gasteiger charge is 2.25. The van der Waals surface area contributed by atoms with E-state index in [1.807, 2.05) is 100 Å². The second kappa shape index (κ2) is 20.0. The van der Waals surface area contributed by atoms with E-state index in [2.05, 4.69) is 55.8 Å². The minimum atomic E-state index is 0.276. The van der Waals surface area contributed by atoms with E-state index in [-0.39, 0.29) is 5.56 Å². The summed E-state index contributed by atoms with van der Waals surface area (Å²) in [5.41, 5.74) is 13.9. The molecule has 82 heavy (non-hydrogen) atoms. The van der Waals surface area contributed by atoms with E-state index in [4.69, 9.17) is 26.3 Å². The summed E-state index contributed by atoms with van der Waals surface area (Å²) in [5, 5.41) is 65.0. The van der Waals surface area contributed by atoms with Crippen LogP contribution in [0.3, 0.4) is 0 Å². The molecular formula is C70H30N12. The molecule has 2 aromatic heterocycles. The monoisotopic (exact) mass is 1040 g/mol. The molecular weight excluding hydrogens is 1010 g/mol. The van der Waals surface area contributed by atoms with E-state index in [9.17, 15) is 31.6 Å². The number of aromatic nitrogens is 2. The molecule has 0 aliphatic heterocycles. The van der Waals surface area contributed by atoms with Gasteiger partial charge < -0.3 is 9.13 Å². The van der Waals surface area contributed by atoms with Gasteiger partial charge in [-0.05, 0) is 183 Å². The molecule has 0 aliphatic rings. The first kappa shape index (κ1) is 49.6. The van der Waals surface area contributed by atoms with Gasteiger partial charge in [-0.2, -0.15) is 31.6 Å². The topological polar surface area (TPSA) is 170 Å². The summed E-state index contributed by atoms with van der Waals surface area (Å²) in [6.07, 6.45) is 0. The van der Waals surface area contributed by atoms with Gasteiger partial charge in [0, 0.05) is 32.7 Å². The van der Waals surface area contributed by atoms with Gasteiger partial charge in [0.2, 0.25) is 0 Å². The molecule has 0 radical (unpaired) electrons. The van der Waals surface area contributed by atoms with E-state index < -0.39 is 0 Å². The van der Waals surface area contributed by atoms with Crippen LogP contribution in [-0.2, 0) is 0 Å². The minimum Gasteiger partial charge on any atom is -0.308 e. The number of benzene rings is 10. The molecule has 0 amide bonds. The number of fused-ring (bicyclic) bond motifs is 6. The van der Waals surface area contributed by atoms with Crippen LogP contribution in [0.1, 0.15) is 33.4 Å². The Morgan fingerprint density at radius 3 is 0.927 bits per heavy atom. The minimum absolute atomic E-state index is 0.276. The van der Waals surface area contributed by atoms with Crippen LogP contribution in [0, 0.1) is 94.3 Å². The van der Waals surface area contributed by atoms with Crippen molar-refractivity contribution in [3.8, 4) is 103 Å². The van der Waals surface area contributed by atoms with E-state index >= 15 is 0 Å². The van der Waals surface area contributed by atoms with Crippen molar-refractivity contribution < 1.29 is 0 Å². The Morgan fingerprint density at radius 1 is 0.268 bits per heavy atom. The number of hydrogen-bond donors (Lipinski definition) is 0. The van der Waals surface area contributed by atoms with Gasteiger partial charge in [0.05, 0.1) is 107 Å². The molecule has 0 fully saturated rings. The highest BCUT2D eigenvalue weighted by Crippen LogP contribution is 2.45. The highest BCUT2D eigenvalue weighted by molar-refractivity contribution is 6.14. The summed E-state index contributed by atoms with van der Waals surface area (Å²) < 4.78 is 4.06. The van der Waals surface area contributed by atoms with Crippen LogP contribution in [-0.4, -0.2) is 9.13 Å². The van der Waals surface area contributed by atoms with Gasteiger partial charge in [-0.15, -0.1) is 0 Å². The molecule has 12 rings (SSSR count). The van der Waals surface area contributed by atoms with Crippen molar-refractivity contribution in [3.63, 3.8) is 0 Å². The van der Waals surface area contributed by atoms with E-state index in [0.717, 1.165) is 43.8 Å². The van der Waals surface area contributed by atoms with Crippen LogP contribution in [0.2, 0.25) is 0 Å². The zero-order valence-electron chi connectivity index (χ0n) is 42.7. The number of nitrogens with zero attached hydrogens (tertiary/aromatic N) is 12. The molecule has 12 aromatic rings. The van der Waals surface area contributed by atoms with Crippen molar-refractivity contribution in [1.82, 2.24) is 9.13 Å². The second-order valence-electron chi connectivity index (χ2n) is 19.3. The summed E-state index contributed by atoms with van der Waals surface area (Å²) >= 11 is 0. The van der Waals surface area contributed by atoms with Crippen LogP contribution in [0.4, 0.5) is 22.7 Å². The first-order chi connectivity index (χ1) is 40.1. The molecule has 0 unspecified atom stereocenters.